The van der Waals surface area contributed by atoms with Crippen molar-refractivity contribution >= 4 is 23.5 Å². The first kappa shape index (κ1) is 23.2. The lowest BCUT2D eigenvalue weighted by Crippen LogP contribution is -2.46. The maximum absolute atomic E-state index is 13.3. The smallest absolute Gasteiger partial charge is 0.326 e. The van der Waals surface area contributed by atoms with Crippen LogP contribution in [-0.2, 0) is 5.41 Å². The number of nitrogens with one attached hydrogen (secondary N) is 1. The van der Waals surface area contributed by atoms with Gasteiger partial charge in [0.15, 0.2) is 0 Å². The Kier molecular flexibility index (Phi) is 6.60. The van der Waals surface area contributed by atoms with Gasteiger partial charge in [0.05, 0.1) is 7.11 Å². The molecule has 5 rings (SSSR count). The van der Waals surface area contributed by atoms with Crippen molar-refractivity contribution in [1.82, 2.24) is 4.90 Å². The van der Waals surface area contributed by atoms with Crippen LogP contribution in [0.15, 0.2) is 78.9 Å². The number of hydrogen-bond donors (Lipinski definition) is 1. The zero-order valence-corrected chi connectivity index (χ0v) is 20.5. The second-order valence-electron chi connectivity index (χ2n) is 9.66. The van der Waals surface area contributed by atoms with Gasteiger partial charge >= 0.3 is 6.03 Å². The van der Waals surface area contributed by atoms with Gasteiger partial charge in [-0.1, -0.05) is 60.2 Å². The van der Waals surface area contributed by atoms with E-state index in [0.717, 1.165) is 56.1 Å². The fourth-order valence-corrected chi connectivity index (χ4v) is 5.32. The second-order valence-corrected chi connectivity index (χ2v) is 9.66. The first-order valence-corrected chi connectivity index (χ1v) is 12.3. The molecule has 0 saturated carbocycles. The molecule has 2 aliphatic heterocycles. The van der Waals surface area contributed by atoms with E-state index in [0.29, 0.717) is 0 Å². The third-order valence-electron chi connectivity index (χ3n) is 7.35. The first-order chi connectivity index (χ1) is 17.1. The van der Waals surface area contributed by atoms with E-state index in [9.17, 15) is 4.79 Å². The Morgan fingerprint density at radius 1 is 1.03 bits per heavy atom. The average Bonchev–Trinajstić information content (AvgIpc) is 3.19. The number of hydrogen-bond acceptors (Lipinski definition) is 3. The monoisotopic (exact) mass is 467 g/mol. The minimum Gasteiger partial charge on any atom is -0.497 e. The number of anilines is 2. The van der Waals surface area contributed by atoms with Gasteiger partial charge in [-0.05, 0) is 74.3 Å². The van der Waals surface area contributed by atoms with E-state index in [-0.39, 0.29) is 11.4 Å². The molecule has 2 aliphatic rings. The number of methoxy groups -OCH3 is 1. The number of rotatable bonds is 5. The van der Waals surface area contributed by atoms with Gasteiger partial charge in [-0.15, -0.1) is 0 Å². The van der Waals surface area contributed by atoms with Crippen molar-refractivity contribution in [3.63, 3.8) is 0 Å². The number of likely N-dealkylation sites (tertiary alicyclic amines) is 1. The van der Waals surface area contributed by atoms with Gasteiger partial charge in [-0.2, -0.15) is 0 Å². The van der Waals surface area contributed by atoms with Crippen molar-refractivity contribution in [1.29, 1.82) is 0 Å². The SMILES string of the molecule is COc1ccc(NC(=O)N2CC3(CCN(CC=Cc4ccccc4)CC3)c3cc(C)ccc32)cc1. The lowest BCUT2D eigenvalue weighted by Gasteiger charge is -2.39. The molecule has 1 saturated heterocycles. The lowest BCUT2D eigenvalue weighted by molar-refractivity contribution is 0.180. The molecule has 0 atom stereocenters. The maximum Gasteiger partial charge on any atom is 0.326 e. The van der Waals surface area contributed by atoms with Crippen molar-refractivity contribution in [2.75, 3.05) is 43.5 Å². The number of carbonyl (C=O) groups is 1. The third-order valence-corrected chi connectivity index (χ3v) is 7.35. The summed E-state index contributed by atoms with van der Waals surface area (Å²) in [7, 11) is 1.64. The van der Waals surface area contributed by atoms with Crippen LogP contribution >= 0.6 is 0 Å². The van der Waals surface area contributed by atoms with Gasteiger partial charge in [0.25, 0.3) is 0 Å². The van der Waals surface area contributed by atoms with E-state index < -0.39 is 0 Å². The summed E-state index contributed by atoms with van der Waals surface area (Å²) in [5.74, 6) is 0.773. The molecule has 0 unspecified atom stereocenters. The predicted molar refractivity (Wildman–Crippen MR) is 143 cm³/mol. The highest BCUT2D eigenvalue weighted by atomic mass is 16.5. The summed E-state index contributed by atoms with van der Waals surface area (Å²) in [6.07, 6.45) is 6.56. The van der Waals surface area contributed by atoms with Gasteiger partial charge in [-0.3, -0.25) is 9.80 Å². The fourth-order valence-electron chi connectivity index (χ4n) is 5.32. The summed E-state index contributed by atoms with van der Waals surface area (Å²) in [5.41, 5.74) is 5.62. The van der Waals surface area contributed by atoms with E-state index in [1.807, 2.05) is 35.2 Å². The van der Waals surface area contributed by atoms with Crippen LogP contribution in [-0.4, -0.2) is 44.2 Å². The fraction of sp³-hybridized carbons (Fsp3) is 0.300. The van der Waals surface area contributed by atoms with Gasteiger partial charge in [0.2, 0.25) is 0 Å². The maximum atomic E-state index is 13.3. The summed E-state index contributed by atoms with van der Waals surface area (Å²) >= 11 is 0. The van der Waals surface area contributed by atoms with Crippen molar-refractivity contribution in [3.05, 3.63) is 95.6 Å². The van der Waals surface area contributed by atoms with Crippen LogP contribution < -0.4 is 15.0 Å². The number of piperidine rings is 1. The van der Waals surface area contributed by atoms with Crippen LogP contribution in [0.2, 0.25) is 0 Å². The van der Waals surface area contributed by atoms with Crippen LogP contribution in [0.4, 0.5) is 16.2 Å². The summed E-state index contributed by atoms with van der Waals surface area (Å²) in [5, 5.41) is 3.08. The molecule has 0 radical (unpaired) electrons. The molecular weight excluding hydrogens is 434 g/mol. The molecule has 3 aromatic rings. The van der Waals surface area contributed by atoms with Crippen molar-refractivity contribution in [2.45, 2.75) is 25.2 Å². The number of urea groups is 1. The summed E-state index contributed by atoms with van der Waals surface area (Å²) in [6.45, 7) is 5.87. The van der Waals surface area contributed by atoms with Gasteiger partial charge in [0, 0.05) is 29.9 Å². The second kappa shape index (κ2) is 9.96. The zero-order valence-electron chi connectivity index (χ0n) is 20.5. The van der Waals surface area contributed by atoms with E-state index >= 15 is 0 Å². The average molecular weight is 468 g/mol. The minimum atomic E-state index is -0.0784. The number of benzene rings is 3. The molecule has 0 aliphatic carbocycles. The Balaban J connectivity index is 1.28. The predicted octanol–water partition coefficient (Wildman–Crippen LogP) is 6.10. The highest BCUT2D eigenvalue weighted by molar-refractivity contribution is 6.03. The molecule has 1 N–H and O–H groups in total. The van der Waals surface area contributed by atoms with E-state index in [1.54, 1.807) is 7.11 Å². The highest BCUT2D eigenvalue weighted by Crippen LogP contribution is 2.47. The molecule has 1 fully saturated rings. The minimum absolute atomic E-state index is 0.0121. The number of aryl methyl sites for hydroxylation is 1. The highest BCUT2D eigenvalue weighted by Gasteiger charge is 2.46. The quantitative estimate of drug-likeness (QED) is 0.493. The van der Waals surface area contributed by atoms with Crippen LogP contribution in [0.25, 0.3) is 6.08 Å². The molecule has 2 amide bonds. The molecule has 5 nitrogen and oxygen atoms in total. The third kappa shape index (κ3) is 4.96. The van der Waals surface area contributed by atoms with Crippen LogP contribution in [0.3, 0.4) is 0 Å². The normalized spacial score (nSPS) is 17.0. The molecular formula is C30H33N3O2. The van der Waals surface area contributed by atoms with E-state index in [1.165, 1.54) is 16.7 Å². The molecule has 35 heavy (non-hydrogen) atoms. The van der Waals surface area contributed by atoms with Crippen molar-refractivity contribution in [2.24, 2.45) is 0 Å². The number of carbonyl (C=O) groups excluding carboxylic acids is 1. The Morgan fingerprint density at radius 2 is 1.77 bits per heavy atom. The number of fused-ring (bicyclic) bond motifs is 2. The molecule has 5 heteroatoms. The topological polar surface area (TPSA) is 44.8 Å². The van der Waals surface area contributed by atoms with Crippen molar-refractivity contribution < 1.29 is 9.53 Å². The summed E-state index contributed by atoms with van der Waals surface area (Å²) < 4.78 is 5.23. The number of amides is 2. The van der Waals surface area contributed by atoms with Crippen LogP contribution in [0, 0.1) is 6.92 Å². The van der Waals surface area contributed by atoms with Gasteiger partial charge in [0.1, 0.15) is 5.75 Å². The summed E-state index contributed by atoms with van der Waals surface area (Å²) in [6, 6.07) is 24.4. The lowest BCUT2D eigenvalue weighted by atomic mass is 9.74. The Bertz CT molecular complexity index is 1200. The summed E-state index contributed by atoms with van der Waals surface area (Å²) in [4.78, 5) is 17.8. The molecule has 2 heterocycles. The molecule has 0 bridgehead atoms. The molecule has 180 valence electrons. The van der Waals surface area contributed by atoms with Crippen molar-refractivity contribution in [3.8, 4) is 5.75 Å². The van der Waals surface area contributed by atoms with Gasteiger partial charge in [-0.25, -0.2) is 4.79 Å². The molecule has 1 spiro atoms. The number of ether oxygens (including phenoxy) is 1. The standard InChI is InChI=1S/C30H33N3O2/c1-23-10-15-28-27(21-23)30(22-33(28)29(34)31-25-11-13-26(35-2)14-12-25)16-19-32(20-17-30)18-6-9-24-7-4-3-5-8-24/h3-15,21H,16-20,22H2,1-2H3,(H,31,34). The Hall–Kier alpha value is -3.57. The first-order valence-electron chi connectivity index (χ1n) is 12.3. The van der Waals surface area contributed by atoms with Gasteiger partial charge < -0.3 is 10.1 Å². The van der Waals surface area contributed by atoms with E-state index in [4.69, 9.17) is 4.74 Å². The van der Waals surface area contributed by atoms with E-state index in [2.05, 4.69) is 71.8 Å². The largest absolute Gasteiger partial charge is 0.497 e. The van der Waals surface area contributed by atoms with Crippen LogP contribution in [0.5, 0.6) is 5.75 Å². The number of nitrogens with zero attached hydrogens (tertiary/aromatic N) is 2. The zero-order chi connectivity index (χ0) is 24.3. The Labute approximate surface area is 208 Å². The Morgan fingerprint density at radius 3 is 2.49 bits per heavy atom. The molecule has 3 aromatic carbocycles. The molecule has 0 aromatic heterocycles. The van der Waals surface area contributed by atoms with Crippen LogP contribution in [0.1, 0.15) is 29.5 Å².